The highest BCUT2D eigenvalue weighted by molar-refractivity contribution is 5.92. The number of pyridine rings is 1. The van der Waals surface area contributed by atoms with Gasteiger partial charge in [-0.05, 0) is 37.2 Å². The van der Waals surface area contributed by atoms with Crippen LogP contribution in [0.4, 0.5) is 10.2 Å². The highest BCUT2D eigenvalue weighted by atomic mass is 19.1. The summed E-state index contributed by atoms with van der Waals surface area (Å²) in [7, 11) is 0. The van der Waals surface area contributed by atoms with Crippen molar-refractivity contribution in [1.82, 2.24) is 14.8 Å². The van der Waals surface area contributed by atoms with Crippen LogP contribution in [-0.4, -0.2) is 26.7 Å². The molecular formula is C20H26FN5O. The van der Waals surface area contributed by atoms with Gasteiger partial charge >= 0.3 is 0 Å². The van der Waals surface area contributed by atoms with Gasteiger partial charge in [0.15, 0.2) is 0 Å². The number of nitrogens with one attached hydrogen (secondary N) is 1. The Morgan fingerprint density at radius 3 is 2.93 bits per heavy atom. The van der Waals surface area contributed by atoms with Crippen molar-refractivity contribution in [3.8, 4) is 11.1 Å². The molecule has 2 atom stereocenters. The predicted molar refractivity (Wildman–Crippen MR) is 101 cm³/mol. The number of rotatable bonds is 3. The molecule has 2 aromatic heterocycles. The van der Waals surface area contributed by atoms with Crippen LogP contribution in [-0.2, 0) is 17.8 Å². The van der Waals surface area contributed by atoms with Gasteiger partial charge in [0.2, 0.25) is 5.91 Å². The Morgan fingerprint density at radius 1 is 1.33 bits per heavy atom. The maximum absolute atomic E-state index is 14.5. The summed E-state index contributed by atoms with van der Waals surface area (Å²) in [5.41, 5.74) is 8.33. The van der Waals surface area contributed by atoms with Crippen LogP contribution >= 0.6 is 0 Å². The molecule has 0 saturated heterocycles. The van der Waals surface area contributed by atoms with Crippen molar-refractivity contribution in [2.45, 2.75) is 58.5 Å². The second-order valence-electron chi connectivity index (χ2n) is 8.67. The number of anilines is 1. The average Bonchev–Trinajstić information content (AvgIpc) is 3.11. The van der Waals surface area contributed by atoms with Crippen LogP contribution in [0.25, 0.3) is 11.1 Å². The fourth-order valence-electron chi connectivity index (χ4n) is 4.28. The van der Waals surface area contributed by atoms with Gasteiger partial charge in [-0.25, -0.2) is 9.37 Å². The summed E-state index contributed by atoms with van der Waals surface area (Å²) >= 11 is 0. The molecule has 0 aromatic carbocycles. The van der Waals surface area contributed by atoms with E-state index < -0.39 is 5.82 Å². The molecule has 1 amide bonds. The van der Waals surface area contributed by atoms with Crippen molar-refractivity contribution < 1.29 is 9.18 Å². The minimum atomic E-state index is -0.409. The monoisotopic (exact) mass is 371 g/mol. The Hall–Kier alpha value is -2.28. The molecule has 6 nitrogen and oxygen atoms in total. The van der Waals surface area contributed by atoms with Crippen molar-refractivity contribution >= 4 is 11.7 Å². The number of carbonyl (C=O) groups excluding carboxylic acids is 1. The number of amides is 1. The lowest BCUT2D eigenvalue weighted by atomic mass is 9.85. The third-order valence-electron chi connectivity index (χ3n) is 5.65. The lowest BCUT2D eigenvalue weighted by Gasteiger charge is -2.25. The Balaban J connectivity index is 1.57. The molecule has 1 aliphatic carbocycles. The van der Waals surface area contributed by atoms with E-state index in [0.29, 0.717) is 17.8 Å². The van der Waals surface area contributed by atoms with E-state index >= 15 is 0 Å². The number of carbonyl (C=O) groups is 1. The van der Waals surface area contributed by atoms with Gasteiger partial charge < -0.3 is 11.1 Å². The molecule has 7 heteroatoms. The minimum Gasteiger partial charge on any atom is -0.328 e. The van der Waals surface area contributed by atoms with Crippen molar-refractivity contribution in [2.75, 3.05) is 5.32 Å². The highest BCUT2D eigenvalue weighted by Gasteiger charge is 2.32. The van der Waals surface area contributed by atoms with Gasteiger partial charge in [-0.2, -0.15) is 5.10 Å². The summed E-state index contributed by atoms with van der Waals surface area (Å²) in [5.74, 6) is -0.234. The van der Waals surface area contributed by atoms with Crippen LogP contribution in [0.15, 0.2) is 18.5 Å². The third kappa shape index (κ3) is 3.60. The van der Waals surface area contributed by atoms with Crippen molar-refractivity contribution in [1.29, 1.82) is 0 Å². The lowest BCUT2D eigenvalue weighted by molar-refractivity contribution is -0.120. The molecule has 0 spiro atoms. The van der Waals surface area contributed by atoms with E-state index in [4.69, 9.17) is 5.73 Å². The first kappa shape index (κ1) is 18.1. The van der Waals surface area contributed by atoms with Crippen molar-refractivity contribution in [2.24, 2.45) is 17.1 Å². The third-order valence-corrected chi connectivity index (χ3v) is 5.65. The Bertz CT molecular complexity index is 875. The molecule has 1 fully saturated rings. The van der Waals surface area contributed by atoms with Gasteiger partial charge in [0, 0.05) is 35.3 Å². The van der Waals surface area contributed by atoms with Gasteiger partial charge in [0.05, 0.1) is 12.4 Å². The van der Waals surface area contributed by atoms with Gasteiger partial charge in [0.25, 0.3) is 0 Å². The van der Waals surface area contributed by atoms with Crippen LogP contribution in [0.2, 0.25) is 0 Å². The van der Waals surface area contributed by atoms with E-state index in [1.165, 1.54) is 6.20 Å². The molecule has 4 rings (SSSR count). The molecule has 0 radical (unpaired) electrons. The van der Waals surface area contributed by atoms with E-state index in [1.54, 1.807) is 12.3 Å². The largest absolute Gasteiger partial charge is 0.328 e. The van der Waals surface area contributed by atoms with Crippen LogP contribution < -0.4 is 11.1 Å². The predicted octanol–water partition coefficient (Wildman–Crippen LogP) is 3.12. The summed E-state index contributed by atoms with van der Waals surface area (Å²) in [6.07, 6.45) is 7.15. The molecule has 3 N–H and O–H groups in total. The molecule has 1 aliphatic heterocycles. The first-order valence-electron chi connectivity index (χ1n) is 9.59. The minimum absolute atomic E-state index is 0.0737. The van der Waals surface area contributed by atoms with E-state index in [9.17, 15) is 9.18 Å². The maximum atomic E-state index is 14.5. The molecule has 2 aliphatic rings. The fraction of sp³-hybridized carbons (Fsp3) is 0.550. The highest BCUT2D eigenvalue weighted by Crippen LogP contribution is 2.38. The lowest BCUT2D eigenvalue weighted by Crippen LogP contribution is -2.34. The van der Waals surface area contributed by atoms with E-state index in [0.717, 1.165) is 43.5 Å². The van der Waals surface area contributed by atoms with Crippen LogP contribution in [0.1, 0.15) is 45.2 Å². The quantitative estimate of drug-likeness (QED) is 0.868. The topological polar surface area (TPSA) is 85.8 Å². The van der Waals surface area contributed by atoms with Gasteiger partial charge in [-0.1, -0.05) is 20.3 Å². The molecule has 27 heavy (non-hydrogen) atoms. The first-order valence-corrected chi connectivity index (χ1v) is 9.59. The summed E-state index contributed by atoms with van der Waals surface area (Å²) in [5, 5.41) is 7.26. The number of halogens is 1. The van der Waals surface area contributed by atoms with Crippen LogP contribution in [0.5, 0.6) is 0 Å². The smallest absolute Gasteiger partial charge is 0.228 e. The standard InChI is InChI=1S/C20H26FN5O/c1-20(2)8-17-15(9-24-26(17)11-20)14-7-18(23-10-16(14)21)25-19(27)12-4-3-5-13(22)6-12/h7,9-10,12-13H,3-6,8,11,22H2,1-2H3,(H,23,25,27). The zero-order chi connectivity index (χ0) is 19.2. The molecule has 144 valence electrons. The summed E-state index contributed by atoms with van der Waals surface area (Å²) < 4.78 is 16.4. The normalized spacial score (nSPS) is 23.9. The van der Waals surface area contributed by atoms with Gasteiger partial charge in [0.1, 0.15) is 11.6 Å². The number of hydrogen-bond acceptors (Lipinski definition) is 4. The van der Waals surface area contributed by atoms with Crippen LogP contribution in [0.3, 0.4) is 0 Å². The van der Waals surface area contributed by atoms with E-state index in [2.05, 4.69) is 29.2 Å². The molecule has 2 unspecified atom stereocenters. The van der Waals surface area contributed by atoms with Gasteiger partial charge in [-0.3, -0.25) is 9.48 Å². The summed E-state index contributed by atoms with van der Waals surface area (Å²) in [4.78, 5) is 16.6. The van der Waals surface area contributed by atoms with Gasteiger partial charge in [-0.15, -0.1) is 0 Å². The van der Waals surface area contributed by atoms with Crippen LogP contribution in [0, 0.1) is 17.2 Å². The van der Waals surface area contributed by atoms with E-state index in [-0.39, 0.29) is 23.3 Å². The number of aromatic nitrogens is 3. The molecule has 3 heterocycles. The number of fused-ring (bicyclic) bond motifs is 1. The number of hydrogen-bond donors (Lipinski definition) is 2. The Kier molecular flexibility index (Phi) is 4.50. The average molecular weight is 371 g/mol. The zero-order valence-corrected chi connectivity index (χ0v) is 15.8. The summed E-state index contributed by atoms with van der Waals surface area (Å²) in [6.45, 7) is 5.17. The zero-order valence-electron chi connectivity index (χ0n) is 15.8. The second kappa shape index (κ2) is 6.71. The summed E-state index contributed by atoms with van der Waals surface area (Å²) in [6, 6.07) is 1.68. The fourth-order valence-corrected chi connectivity index (χ4v) is 4.28. The SMILES string of the molecule is CC1(C)Cc2c(-c3cc(NC(=O)C4CCCC(N)C4)ncc3F)cnn2C1. The van der Waals surface area contributed by atoms with E-state index in [1.807, 2.05) is 4.68 Å². The second-order valence-corrected chi connectivity index (χ2v) is 8.67. The Labute approximate surface area is 158 Å². The number of nitrogens with two attached hydrogens (primary N) is 1. The maximum Gasteiger partial charge on any atom is 0.228 e. The van der Waals surface area contributed by atoms with Crippen molar-refractivity contribution in [3.05, 3.63) is 30.0 Å². The van der Waals surface area contributed by atoms with Crippen molar-refractivity contribution in [3.63, 3.8) is 0 Å². The molecule has 2 aromatic rings. The first-order chi connectivity index (χ1) is 12.8. The molecule has 0 bridgehead atoms. The Morgan fingerprint density at radius 2 is 2.15 bits per heavy atom. The number of nitrogens with zero attached hydrogens (tertiary/aromatic N) is 3. The molecule has 1 saturated carbocycles. The molecular weight excluding hydrogens is 345 g/mol.